The first kappa shape index (κ1) is 17.0. The summed E-state index contributed by atoms with van der Waals surface area (Å²) in [6, 6.07) is 4.63. The van der Waals surface area contributed by atoms with E-state index in [0.717, 1.165) is 29.7 Å². The molecule has 0 spiro atoms. The van der Waals surface area contributed by atoms with Gasteiger partial charge in [0.05, 0.1) is 5.92 Å². The molecule has 0 aromatic heterocycles. The summed E-state index contributed by atoms with van der Waals surface area (Å²) in [4.78, 5) is 28.9. The fourth-order valence-electron chi connectivity index (χ4n) is 4.10. The summed E-state index contributed by atoms with van der Waals surface area (Å²) in [5, 5.41) is 0. The first-order valence-corrected chi connectivity index (χ1v) is 8.68. The molecule has 5 nitrogen and oxygen atoms in total. The van der Waals surface area contributed by atoms with Gasteiger partial charge in [-0.1, -0.05) is 17.7 Å². The highest BCUT2D eigenvalue weighted by Gasteiger charge is 2.40. The van der Waals surface area contributed by atoms with Crippen molar-refractivity contribution >= 4 is 17.5 Å². The Balaban J connectivity index is 1.75. The summed E-state index contributed by atoms with van der Waals surface area (Å²) in [5.74, 6) is -0.133. The van der Waals surface area contributed by atoms with Crippen LogP contribution >= 0.6 is 0 Å². The Labute approximate surface area is 143 Å². The summed E-state index contributed by atoms with van der Waals surface area (Å²) in [5.41, 5.74) is 10.2. The molecular formula is C19H27N3O2. The van der Waals surface area contributed by atoms with Gasteiger partial charge in [0.15, 0.2) is 0 Å². The van der Waals surface area contributed by atoms with Crippen molar-refractivity contribution in [2.45, 2.75) is 52.1 Å². The van der Waals surface area contributed by atoms with Crippen LogP contribution in [0.5, 0.6) is 0 Å². The lowest BCUT2D eigenvalue weighted by atomic mass is 9.86. The van der Waals surface area contributed by atoms with Crippen LogP contribution in [0.2, 0.25) is 0 Å². The second-order valence-electron chi connectivity index (χ2n) is 7.49. The molecule has 1 saturated carbocycles. The standard InChI is InChI=1S/C19H27N3O2/c1-11-5-12(2)18(13(3)6-11)22-10-14(7-17(22)23)19(24)21(4)16-8-15(20)9-16/h5-6,14-16H,7-10,20H2,1-4H3. The van der Waals surface area contributed by atoms with Crippen LogP contribution in [0.1, 0.15) is 36.0 Å². The van der Waals surface area contributed by atoms with Crippen molar-refractivity contribution in [3.8, 4) is 0 Å². The number of carbonyl (C=O) groups is 2. The zero-order chi connectivity index (χ0) is 17.6. The number of rotatable bonds is 3. The molecule has 1 aliphatic carbocycles. The Kier molecular flexibility index (Phi) is 4.38. The van der Waals surface area contributed by atoms with Crippen molar-refractivity contribution < 1.29 is 9.59 Å². The van der Waals surface area contributed by atoms with Crippen LogP contribution in [0.15, 0.2) is 12.1 Å². The van der Waals surface area contributed by atoms with E-state index in [0.29, 0.717) is 13.0 Å². The van der Waals surface area contributed by atoms with Crippen LogP contribution in [0.4, 0.5) is 5.69 Å². The summed E-state index contributed by atoms with van der Waals surface area (Å²) < 4.78 is 0. The van der Waals surface area contributed by atoms with Gasteiger partial charge in [-0.3, -0.25) is 9.59 Å². The minimum atomic E-state index is -0.251. The summed E-state index contributed by atoms with van der Waals surface area (Å²) in [7, 11) is 1.84. The molecule has 1 saturated heterocycles. The highest BCUT2D eigenvalue weighted by atomic mass is 16.2. The van der Waals surface area contributed by atoms with Crippen molar-refractivity contribution in [3.63, 3.8) is 0 Å². The molecule has 1 atom stereocenters. The third-order valence-corrected chi connectivity index (χ3v) is 5.42. The van der Waals surface area contributed by atoms with Gasteiger partial charge in [0.1, 0.15) is 0 Å². The Hall–Kier alpha value is -1.88. The van der Waals surface area contributed by atoms with Gasteiger partial charge in [0.2, 0.25) is 11.8 Å². The molecule has 1 heterocycles. The molecule has 2 amide bonds. The van der Waals surface area contributed by atoms with Crippen LogP contribution in [-0.4, -0.2) is 42.4 Å². The molecule has 0 radical (unpaired) electrons. The first-order chi connectivity index (χ1) is 11.3. The van der Waals surface area contributed by atoms with Gasteiger partial charge in [0.25, 0.3) is 0 Å². The van der Waals surface area contributed by atoms with Gasteiger partial charge < -0.3 is 15.5 Å². The molecule has 2 N–H and O–H groups in total. The highest BCUT2D eigenvalue weighted by molar-refractivity contribution is 6.01. The number of benzene rings is 1. The SMILES string of the molecule is Cc1cc(C)c(N2CC(C(=O)N(C)C3CC(N)C3)CC2=O)c(C)c1. The van der Waals surface area contributed by atoms with Gasteiger partial charge in [-0.05, 0) is 44.7 Å². The van der Waals surface area contributed by atoms with Crippen LogP contribution in [0.25, 0.3) is 0 Å². The van der Waals surface area contributed by atoms with Crippen molar-refractivity contribution in [2.75, 3.05) is 18.5 Å². The van der Waals surface area contributed by atoms with E-state index in [-0.39, 0.29) is 29.8 Å². The van der Waals surface area contributed by atoms with Gasteiger partial charge in [-0.25, -0.2) is 0 Å². The first-order valence-electron chi connectivity index (χ1n) is 8.68. The number of nitrogens with zero attached hydrogens (tertiary/aromatic N) is 2. The van der Waals surface area contributed by atoms with E-state index in [9.17, 15) is 9.59 Å². The lowest BCUT2D eigenvalue weighted by Gasteiger charge is -2.40. The topological polar surface area (TPSA) is 66.6 Å². The summed E-state index contributed by atoms with van der Waals surface area (Å²) >= 11 is 0. The normalized spacial score (nSPS) is 26.5. The second-order valence-corrected chi connectivity index (χ2v) is 7.49. The number of amides is 2. The van der Waals surface area contributed by atoms with Crippen LogP contribution in [0, 0.1) is 26.7 Å². The van der Waals surface area contributed by atoms with Crippen LogP contribution < -0.4 is 10.6 Å². The molecule has 1 aromatic carbocycles. The average Bonchev–Trinajstić information content (AvgIpc) is 2.83. The van der Waals surface area contributed by atoms with Crippen molar-refractivity contribution in [3.05, 3.63) is 28.8 Å². The Morgan fingerprint density at radius 1 is 1.21 bits per heavy atom. The van der Waals surface area contributed by atoms with E-state index in [4.69, 9.17) is 5.73 Å². The maximum absolute atomic E-state index is 12.7. The zero-order valence-corrected chi connectivity index (χ0v) is 15.0. The number of aryl methyl sites for hydroxylation is 3. The molecule has 130 valence electrons. The Morgan fingerprint density at radius 3 is 2.33 bits per heavy atom. The van der Waals surface area contributed by atoms with Gasteiger partial charge in [-0.15, -0.1) is 0 Å². The number of anilines is 1. The van der Waals surface area contributed by atoms with E-state index in [1.807, 2.05) is 20.9 Å². The number of hydrogen-bond donors (Lipinski definition) is 1. The third-order valence-electron chi connectivity index (χ3n) is 5.42. The smallest absolute Gasteiger partial charge is 0.228 e. The average molecular weight is 329 g/mol. The largest absolute Gasteiger partial charge is 0.342 e. The van der Waals surface area contributed by atoms with E-state index in [1.54, 1.807) is 9.80 Å². The zero-order valence-electron chi connectivity index (χ0n) is 15.0. The number of nitrogens with two attached hydrogens (primary N) is 1. The monoisotopic (exact) mass is 329 g/mol. The van der Waals surface area contributed by atoms with E-state index in [1.165, 1.54) is 5.56 Å². The fourth-order valence-corrected chi connectivity index (χ4v) is 4.10. The Bertz CT molecular complexity index is 656. The van der Waals surface area contributed by atoms with Crippen LogP contribution in [-0.2, 0) is 9.59 Å². The summed E-state index contributed by atoms with van der Waals surface area (Å²) in [6.07, 6.45) is 2.03. The fraction of sp³-hybridized carbons (Fsp3) is 0.579. The lowest BCUT2D eigenvalue weighted by Crippen LogP contribution is -2.52. The van der Waals surface area contributed by atoms with Gasteiger partial charge in [0, 0.05) is 37.8 Å². The lowest BCUT2D eigenvalue weighted by molar-refractivity contribution is -0.138. The minimum Gasteiger partial charge on any atom is -0.342 e. The maximum Gasteiger partial charge on any atom is 0.228 e. The predicted molar refractivity (Wildman–Crippen MR) is 94.9 cm³/mol. The molecular weight excluding hydrogens is 302 g/mol. The highest BCUT2D eigenvalue weighted by Crippen LogP contribution is 2.33. The van der Waals surface area contributed by atoms with Crippen molar-refractivity contribution in [1.82, 2.24) is 4.90 Å². The quantitative estimate of drug-likeness (QED) is 0.921. The summed E-state index contributed by atoms with van der Waals surface area (Å²) in [6.45, 7) is 6.59. The molecule has 2 aliphatic rings. The maximum atomic E-state index is 12.7. The van der Waals surface area contributed by atoms with Gasteiger partial charge >= 0.3 is 0 Å². The molecule has 1 aliphatic heterocycles. The van der Waals surface area contributed by atoms with Gasteiger partial charge in [-0.2, -0.15) is 0 Å². The second kappa shape index (κ2) is 6.20. The minimum absolute atomic E-state index is 0.0436. The molecule has 24 heavy (non-hydrogen) atoms. The number of hydrogen-bond acceptors (Lipinski definition) is 3. The predicted octanol–water partition coefficient (Wildman–Crippen LogP) is 1.91. The molecule has 2 fully saturated rings. The molecule has 5 heteroatoms. The molecule has 3 rings (SSSR count). The molecule has 1 aromatic rings. The number of carbonyl (C=O) groups excluding carboxylic acids is 2. The van der Waals surface area contributed by atoms with E-state index >= 15 is 0 Å². The van der Waals surface area contributed by atoms with E-state index in [2.05, 4.69) is 19.1 Å². The Morgan fingerprint density at radius 2 is 1.79 bits per heavy atom. The third kappa shape index (κ3) is 2.93. The van der Waals surface area contributed by atoms with E-state index < -0.39 is 0 Å². The molecule has 0 bridgehead atoms. The van der Waals surface area contributed by atoms with Crippen molar-refractivity contribution in [1.29, 1.82) is 0 Å². The van der Waals surface area contributed by atoms with Crippen molar-refractivity contribution in [2.24, 2.45) is 11.7 Å². The van der Waals surface area contributed by atoms with Crippen LogP contribution in [0.3, 0.4) is 0 Å². The molecule has 1 unspecified atom stereocenters.